The first-order valence-corrected chi connectivity index (χ1v) is 5.15. The van der Waals surface area contributed by atoms with Gasteiger partial charge >= 0.3 is 0 Å². The summed E-state index contributed by atoms with van der Waals surface area (Å²) < 4.78 is 0. The van der Waals surface area contributed by atoms with Crippen LogP contribution in [0.3, 0.4) is 0 Å². The zero-order chi connectivity index (χ0) is 11.4. The number of hydrogen-bond acceptors (Lipinski definition) is 3. The largest absolute Gasteiger partial charge is 0.383 e. The van der Waals surface area contributed by atoms with Gasteiger partial charge in [0.05, 0.1) is 5.56 Å². The average Bonchev–Trinajstić information content (AvgIpc) is 2.33. The third-order valence-corrected chi connectivity index (χ3v) is 2.32. The number of aromatic nitrogens is 1. The van der Waals surface area contributed by atoms with E-state index in [1.54, 1.807) is 6.20 Å². The average molecular weight is 211 g/mol. The van der Waals surface area contributed by atoms with E-state index in [-0.39, 0.29) is 0 Å². The Morgan fingerprint density at radius 3 is 2.69 bits per heavy atom. The van der Waals surface area contributed by atoms with Crippen molar-refractivity contribution in [3.63, 3.8) is 0 Å². The molecule has 1 heterocycles. The highest BCUT2D eigenvalue weighted by molar-refractivity contribution is 5.94. The van der Waals surface area contributed by atoms with Gasteiger partial charge in [0.15, 0.2) is 0 Å². The van der Waals surface area contributed by atoms with Crippen LogP contribution in [0.4, 0.5) is 5.82 Å². The second kappa shape index (κ2) is 4.65. The summed E-state index contributed by atoms with van der Waals surface area (Å²) in [6.45, 7) is 0.577. The van der Waals surface area contributed by atoms with Crippen molar-refractivity contribution in [1.29, 1.82) is 0 Å². The van der Waals surface area contributed by atoms with Crippen molar-refractivity contribution in [3.05, 3.63) is 36.0 Å². The summed E-state index contributed by atoms with van der Waals surface area (Å²) in [5.74, 6) is 6.62. The molecule has 0 saturated carbocycles. The molecule has 0 saturated heterocycles. The van der Waals surface area contributed by atoms with Crippen LogP contribution in [-0.2, 0) is 0 Å². The first-order valence-electron chi connectivity index (χ1n) is 5.15. The molecular formula is C13H13N3. The van der Waals surface area contributed by atoms with E-state index in [1.165, 1.54) is 0 Å². The molecule has 4 N–H and O–H groups in total. The van der Waals surface area contributed by atoms with E-state index in [0.717, 1.165) is 16.3 Å². The van der Waals surface area contributed by atoms with Crippen molar-refractivity contribution < 1.29 is 0 Å². The Kier molecular flexibility index (Phi) is 3.04. The van der Waals surface area contributed by atoms with Crippen LogP contribution < -0.4 is 11.5 Å². The fraction of sp³-hybridized carbons (Fsp3) is 0.154. The number of fused-ring (bicyclic) bond motifs is 1. The van der Waals surface area contributed by atoms with Gasteiger partial charge < -0.3 is 11.5 Å². The monoisotopic (exact) mass is 211 g/mol. The maximum absolute atomic E-state index is 5.80. The lowest BCUT2D eigenvalue weighted by atomic mass is 10.1. The molecule has 0 aliphatic rings. The minimum Gasteiger partial charge on any atom is -0.383 e. The Hall–Kier alpha value is -2.05. The number of nitrogen functional groups attached to an aromatic ring is 1. The molecule has 2 rings (SSSR count). The predicted octanol–water partition coefficient (Wildman–Crippen LogP) is 1.52. The molecule has 0 radical (unpaired) electrons. The molecule has 0 amide bonds. The highest BCUT2D eigenvalue weighted by Crippen LogP contribution is 2.21. The van der Waals surface area contributed by atoms with Gasteiger partial charge in [0.25, 0.3) is 0 Å². The molecule has 1 aromatic carbocycles. The number of hydrogen-bond donors (Lipinski definition) is 2. The quantitative estimate of drug-likeness (QED) is 0.703. The Labute approximate surface area is 94.5 Å². The zero-order valence-electron chi connectivity index (χ0n) is 8.90. The summed E-state index contributed by atoms with van der Waals surface area (Å²) in [5.41, 5.74) is 12.1. The normalized spacial score (nSPS) is 9.81. The minimum absolute atomic E-state index is 0.542. The van der Waals surface area contributed by atoms with Crippen molar-refractivity contribution in [1.82, 2.24) is 4.98 Å². The predicted molar refractivity (Wildman–Crippen MR) is 66.7 cm³/mol. The summed E-state index contributed by atoms with van der Waals surface area (Å²) in [4.78, 5) is 4.13. The Morgan fingerprint density at radius 2 is 1.94 bits per heavy atom. The van der Waals surface area contributed by atoms with Crippen LogP contribution >= 0.6 is 0 Å². The molecule has 0 unspecified atom stereocenters. The van der Waals surface area contributed by atoms with E-state index >= 15 is 0 Å². The highest BCUT2D eigenvalue weighted by Gasteiger charge is 2.01. The molecule has 0 aliphatic heterocycles. The second-order valence-electron chi connectivity index (χ2n) is 3.44. The molecule has 3 heteroatoms. The van der Waals surface area contributed by atoms with Crippen molar-refractivity contribution in [3.8, 4) is 11.8 Å². The molecule has 0 atom stereocenters. The van der Waals surface area contributed by atoms with Crippen LogP contribution in [0, 0.1) is 11.8 Å². The van der Waals surface area contributed by atoms with Crippen molar-refractivity contribution >= 4 is 16.6 Å². The van der Waals surface area contributed by atoms with E-state index in [2.05, 4.69) is 16.8 Å². The van der Waals surface area contributed by atoms with Crippen molar-refractivity contribution in [2.45, 2.75) is 6.42 Å². The number of nitrogens with two attached hydrogens (primary N) is 2. The van der Waals surface area contributed by atoms with Crippen LogP contribution in [0.2, 0.25) is 0 Å². The van der Waals surface area contributed by atoms with Crippen LogP contribution in [0.25, 0.3) is 10.8 Å². The summed E-state index contributed by atoms with van der Waals surface area (Å²) in [6, 6.07) is 7.86. The van der Waals surface area contributed by atoms with E-state index in [1.807, 2.05) is 24.3 Å². The SMILES string of the molecule is NCCC#Cc1cnc(N)c2ccccc12. The number of nitrogens with zero attached hydrogens (tertiary/aromatic N) is 1. The fourth-order valence-corrected chi connectivity index (χ4v) is 1.54. The standard InChI is InChI=1S/C13H13N3/c14-8-4-3-5-10-9-16-13(15)12-7-2-1-6-11(10)12/h1-2,6-7,9H,4,8,14H2,(H2,15,16). The summed E-state index contributed by atoms with van der Waals surface area (Å²) in [7, 11) is 0. The maximum Gasteiger partial charge on any atom is 0.131 e. The minimum atomic E-state index is 0.542. The van der Waals surface area contributed by atoms with Crippen LogP contribution in [-0.4, -0.2) is 11.5 Å². The third-order valence-electron chi connectivity index (χ3n) is 2.32. The fourth-order valence-electron chi connectivity index (χ4n) is 1.54. The van der Waals surface area contributed by atoms with Gasteiger partial charge in [-0.2, -0.15) is 0 Å². The Morgan fingerprint density at radius 1 is 1.19 bits per heavy atom. The molecular weight excluding hydrogens is 198 g/mol. The molecule has 0 fully saturated rings. The van der Waals surface area contributed by atoms with E-state index in [9.17, 15) is 0 Å². The lowest BCUT2D eigenvalue weighted by Crippen LogP contribution is -1.96. The van der Waals surface area contributed by atoms with Gasteiger partial charge in [-0.3, -0.25) is 0 Å². The van der Waals surface area contributed by atoms with Gasteiger partial charge in [0.1, 0.15) is 5.82 Å². The topological polar surface area (TPSA) is 64.9 Å². The Bertz CT molecular complexity index is 564. The van der Waals surface area contributed by atoms with E-state index < -0.39 is 0 Å². The van der Waals surface area contributed by atoms with E-state index in [0.29, 0.717) is 18.8 Å². The molecule has 0 bridgehead atoms. The van der Waals surface area contributed by atoms with Gasteiger partial charge in [0.2, 0.25) is 0 Å². The van der Waals surface area contributed by atoms with Gasteiger partial charge in [-0.05, 0) is 0 Å². The third kappa shape index (κ3) is 1.97. The van der Waals surface area contributed by atoms with Crippen LogP contribution in [0.5, 0.6) is 0 Å². The molecule has 80 valence electrons. The van der Waals surface area contributed by atoms with Gasteiger partial charge in [0, 0.05) is 29.9 Å². The molecule has 3 nitrogen and oxygen atoms in total. The van der Waals surface area contributed by atoms with Crippen molar-refractivity contribution in [2.75, 3.05) is 12.3 Å². The van der Waals surface area contributed by atoms with Crippen LogP contribution in [0.15, 0.2) is 30.5 Å². The van der Waals surface area contributed by atoms with E-state index in [4.69, 9.17) is 11.5 Å². The number of benzene rings is 1. The van der Waals surface area contributed by atoms with Crippen LogP contribution in [0.1, 0.15) is 12.0 Å². The smallest absolute Gasteiger partial charge is 0.131 e. The van der Waals surface area contributed by atoms with Crippen molar-refractivity contribution in [2.24, 2.45) is 5.73 Å². The first-order chi connectivity index (χ1) is 7.83. The Balaban J connectivity index is 2.56. The number of pyridine rings is 1. The molecule has 2 aromatic rings. The molecule has 0 aliphatic carbocycles. The molecule has 16 heavy (non-hydrogen) atoms. The first kappa shape index (κ1) is 10.5. The lowest BCUT2D eigenvalue weighted by Gasteiger charge is -2.02. The molecule has 0 spiro atoms. The maximum atomic E-state index is 5.80. The number of anilines is 1. The molecule has 1 aromatic heterocycles. The number of rotatable bonds is 1. The van der Waals surface area contributed by atoms with Gasteiger partial charge in [-0.15, -0.1) is 0 Å². The second-order valence-corrected chi connectivity index (χ2v) is 3.44. The van der Waals surface area contributed by atoms with Gasteiger partial charge in [-0.25, -0.2) is 4.98 Å². The highest BCUT2D eigenvalue weighted by atomic mass is 14.8. The van der Waals surface area contributed by atoms with Gasteiger partial charge in [-0.1, -0.05) is 36.1 Å². The lowest BCUT2D eigenvalue weighted by molar-refractivity contribution is 1.03. The summed E-state index contributed by atoms with van der Waals surface area (Å²) in [5, 5.41) is 1.99. The summed E-state index contributed by atoms with van der Waals surface area (Å²) >= 11 is 0. The summed E-state index contributed by atoms with van der Waals surface area (Å²) in [6.07, 6.45) is 2.40. The zero-order valence-corrected chi connectivity index (χ0v) is 8.90.